The van der Waals surface area contributed by atoms with E-state index in [0.717, 1.165) is 0 Å². The molecule has 1 aromatic rings. The van der Waals surface area contributed by atoms with Crippen LogP contribution in [0.1, 0.15) is 0 Å². The highest BCUT2D eigenvalue weighted by Gasteiger charge is 2.15. The van der Waals surface area contributed by atoms with Gasteiger partial charge in [0.15, 0.2) is 5.03 Å². The Labute approximate surface area is 72.7 Å². The van der Waals surface area contributed by atoms with E-state index >= 15 is 0 Å². The fraction of sp³-hybridized carbons (Fsp3) is 0. The van der Waals surface area contributed by atoms with Gasteiger partial charge in [0.1, 0.15) is 0 Å². The number of aromatic amines is 1. The van der Waals surface area contributed by atoms with Crippen molar-refractivity contribution >= 4 is 32.9 Å². The average Bonchev–Trinajstić information content (AvgIpc) is 2.37. The lowest BCUT2D eigenvalue weighted by molar-refractivity contribution is 0.516. The quantitative estimate of drug-likeness (QED) is 0.436. The van der Waals surface area contributed by atoms with E-state index in [1.807, 2.05) is 0 Å². The molecule has 0 aliphatic rings. The maximum Gasteiger partial charge on any atom is 0.325 e. The molecule has 0 radical (unpaired) electrons. The zero-order chi connectivity index (χ0) is 8.32. The highest BCUT2D eigenvalue weighted by molar-refractivity contribution is 8.67. The van der Waals surface area contributed by atoms with Crippen LogP contribution in [0.2, 0.25) is 0 Å². The Morgan fingerprint density at radius 1 is 1.73 bits per heavy atom. The third-order valence-electron chi connectivity index (χ3n) is 0.865. The van der Waals surface area contributed by atoms with E-state index in [1.165, 1.54) is 12.3 Å². The van der Waals surface area contributed by atoms with Gasteiger partial charge in [0.2, 0.25) is 0 Å². The fourth-order valence-electron chi connectivity index (χ4n) is 0.459. The second kappa shape index (κ2) is 3.48. The van der Waals surface area contributed by atoms with Gasteiger partial charge in [-0.25, -0.2) is 0 Å². The van der Waals surface area contributed by atoms with Gasteiger partial charge in [-0.15, -0.1) is 0 Å². The zero-order valence-electron chi connectivity index (χ0n) is 5.09. The topological polar surface area (TPSA) is 72.1 Å². The molecule has 0 fully saturated rings. The number of nitrogens with zero attached hydrogens (tertiary/aromatic N) is 1. The summed E-state index contributed by atoms with van der Waals surface area (Å²) in [7, 11) is -3.70. The number of nitrogens with one attached hydrogen (secondary N) is 1. The van der Waals surface area contributed by atoms with E-state index in [9.17, 15) is 8.42 Å². The Morgan fingerprint density at radius 3 is 2.91 bits per heavy atom. The number of hydrogen-bond acceptors (Lipinski definition) is 6. The Balaban J connectivity index is 2.92. The van der Waals surface area contributed by atoms with Crippen molar-refractivity contribution in [3.8, 4) is 0 Å². The molecular weight excluding hydrogens is 208 g/mol. The van der Waals surface area contributed by atoms with Crippen molar-refractivity contribution in [3.63, 3.8) is 0 Å². The minimum Gasteiger partial charge on any atom is -0.265 e. The van der Waals surface area contributed by atoms with E-state index in [0.29, 0.717) is 11.1 Å². The van der Waals surface area contributed by atoms with Gasteiger partial charge in [0, 0.05) is 0 Å². The van der Waals surface area contributed by atoms with Crippen molar-refractivity contribution < 1.29 is 12.0 Å². The molecule has 0 atom stereocenters. The molecule has 11 heavy (non-hydrogen) atoms. The van der Waals surface area contributed by atoms with Crippen LogP contribution in [0.4, 0.5) is 0 Å². The van der Waals surface area contributed by atoms with Crippen LogP contribution in [0.25, 0.3) is 0 Å². The lowest BCUT2D eigenvalue weighted by atomic mass is 10.8. The van der Waals surface area contributed by atoms with Gasteiger partial charge < -0.3 is 0 Å². The molecule has 0 aliphatic heterocycles. The summed E-state index contributed by atoms with van der Waals surface area (Å²) in [6.45, 7) is 0. The predicted molar refractivity (Wildman–Crippen MR) is 43.4 cm³/mol. The molecule has 0 unspecified atom stereocenters. The molecule has 0 amide bonds. The minimum atomic E-state index is -3.70. The monoisotopic (exact) mass is 212 g/mol. The molecule has 0 spiro atoms. The molecule has 0 bridgehead atoms. The van der Waals surface area contributed by atoms with E-state index in [2.05, 4.69) is 25.5 Å². The van der Waals surface area contributed by atoms with Crippen LogP contribution in [-0.4, -0.2) is 18.6 Å². The van der Waals surface area contributed by atoms with E-state index in [1.54, 1.807) is 0 Å². The Kier molecular flexibility index (Phi) is 2.82. The third-order valence-corrected chi connectivity index (χ3v) is 3.14. The SMILES string of the molecule is O=S(=O)(OSS)c1ccn[nH]1. The summed E-state index contributed by atoms with van der Waals surface area (Å²) in [6.07, 6.45) is 1.32. The molecule has 1 rings (SSSR count). The maximum absolute atomic E-state index is 10.9. The van der Waals surface area contributed by atoms with Crippen molar-refractivity contribution in [2.75, 3.05) is 0 Å². The van der Waals surface area contributed by atoms with Crippen LogP contribution in [0.5, 0.6) is 0 Å². The average molecular weight is 212 g/mol. The number of H-pyrrole nitrogens is 1. The summed E-state index contributed by atoms with van der Waals surface area (Å²) >= 11 is 3.99. The first-order valence-electron chi connectivity index (χ1n) is 2.41. The molecule has 5 nitrogen and oxygen atoms in total. The van der Waals surface area contributed by atoms with Crippen LogP contribution in [0, 0.1) is 0 Å². The normalized spacial score (nSPS) is 11.7. The van der Waals surface area contributed by atoms with Gasteiger partial charge in [0.25, 0.3) is 0 Å². The smallest absolute Gasteiger partial charge is 0.265 e. The predicted octanol–water partition coefficient (Wildman–Crippen LogP) is 0.608. The molecule has 0 saturated carbocycles. The molecule has 0 aromatic carbocycles. The number of rotatable bonds is 3. The van der Waals surface area contributed by atoms with Crippen LogP contribution in [-0.2, 0) is 13.7 Å². The van der Waals surface area contributed by atoms with Gasteiger partial charge in [-0.2, -0.15) is 17.1 Å². The molecule has 62 valence electrons. The Hall–Kier alpha value is -0.180. The molecule has 8 heteroatoms. The Morgan fingerprint density at radius 2 is 2.45 bits per heavy atom. The summed E-state index contributed by atoms with van der Waals surface area (Å²) in [6, 6.07) is 1.29. The number of thiol groups is 1. The maximum atomic E-state index is 10.9. The molecule has 0 saturated heterocycles. The standard InChI is InChI=1S/C3H4N2O3S3/c6-11(7,8-10-9)3-1-2-4-5-3/h1-2,9H,(H,4,5). The minimum absolute atomic E-state index is 0.0842. The first-order valence-corrected chi connectivity index (χ1v) is 5.61. The summed E-state index contributed by atoms with van der Waals surface area (Å²) in [5.41, 5.74) is 0. The van der Waals surface area contributed by atoms with Crippen molar-refractivity contribution in [3.05, 3.63) is 12.3 Å². The summed E-state index contributed by atoms with van der Waals surface area (Å²) < 4.78 is 26.1. The van der Waals surface area contributed by atoms with Crippen LogP contribution in [0.3, 0.4) is 0 Å². The number of hydrogen-bond donors (Lipinski definition) is 2. The van der Waals surface area contributed by atoms with Gasteiger partial charge in [-0.05, 0) is 6.07 Å². The van der Waals surface area contributed by atoms with Gasteiger partial charge in [-0.1, -0.05) is 11.7 Å². The largest absolute Gasteiger partial charge is 0.325 e. The van der Waals surface area contributed by atoms with Crippen LogP contribution in [0.15, 0.2) is 17.3 Å². The summed E-state index contributed by atoms with van der Waals surface area (Å²) in [5.74, 6) is 0. The molecule has 1 heterocycles. The second-order valence-electron chi connectivity index (χ2n) is 1.52. The molecule has 1 N–H and O–H groups in total. The van der Waals surface area contributed by atoms with Gasteiger partial charge in [-0.3, -0.25) is 5.10 Å². The van der Waals surface area contributed by atoms with Crippen LogP contribution < -0.4 is 0 Å². The van der Waals surface area contributed by atoms with Crippen molar-refractivity contribution in [2.24, 2.45) is 0 Å². The van der Waals surface area contributed by atoms with Crippen LogP contribution >= 0.6 is 22.7 Å². The first-order chi connectivity index (χ1) is 5.17. The summed E-state index contributed by atoms with van der Waals surface area (Å²) in [4.78, 5) is 0. The third kappa shape index (κ3) is 2.12. The highest BCUT2D eigenvalue weighted by Crippen LogP contribution is 2.17. The van der Waals surface area contributed by atoms with Gasteiger partial charge >= 0.3 is 10.1 Å². The van der Waals surface area contributed by atoms with E-state index < -0.39 is 10.1 Å². The molecule has 0 aliphatic carbocycles. The van der Waals surface area contributed by atoms with Crippen molar-refractivity contribution in [1.29, 1.82) is 0 Å². The van der Waals surface area contributed by atoms with E-state index in [-0.39, 0.29) is 5.03 Å². The lowest BCUT2D eigenvalue weighted by Crippen LogP contribution is -2.00. The summed E-state index contributed by atoms with van der Waals surface area (Å²) in [5, 5.41) is 5.62. The molecule has 1 aromatic heterocycles. The first kappa shape index (κ1) is 8.91. The van der Waals surface area contributed by atoms with Crippen molar-refractivity contribution in [2.45, 2.75) is 5.03 Å². The number of aromatic nitrogens is 2. The fourth-order valence-corrected chi connectivity index (χ4v) is 2.19. The molecular formula is C3H4N2O3S3. The Bertz CT molecular complexity index is 305. The van der Waals surface area contributed by atoms with Crippen molar-refractivity contribution in [1.82, 2.24) is 10.2 Å². The van der Waals surface area contributed by atoms with Gasteiger partial charge in [0.05, 0.1) is 17.3 Å². The highest BCUT2D eigenvalue weighted by atomic mass is 33.1. The zero-order valence-corrected chi connectivity index (χ0v) is 7.62. The second-order valence-corrected chi connectivity index (χ2v) is 4.01. The lowest BCUT2D eigenvalue weighted by Gasteiger charge is -1.95. The van der Waals surface area contributed by atoms with E-state index in [4.69, 9.17) is 0 Å².